The number of nitrogens with zero attached hydrogens (tertiary/aromatic N) is 1. The molecule has 0 atom stereocenters. The van der Waals surface area contributed by atoms with Crippen LogP contribution in [0.4, 0.5) is 11.5 Å². The number of hydrogen-bond acceptors (Lipinski definition) is 3. The lowest BCUT2D eigenvalue weighted by Gasteiger charge is -2.11. The molecule has 2 rings (SSSR count). The van der Waals surface area contributed by atoms with Crippen LogP contribution in [0.1, 0.15) is 16.1 Å². The van der Waals surface area contributed by atoms with Gasteiger partial charge in [-0.15, -0.1) is 0 Å². The predicted octanol–water partition coefficient (Wildman–Crippen LogP) is 4.51. The van der Waals surface area contributed by atoms with Gasteiger partial charge in [-0.2, -0.15) is 0 Å². The Hall–Kier alpha value is -0.920. The number of carbonyl (C=O) groups excluding carboxylic acids is 1. The van der Waals surface area contributed by atoms with Crippen LogP contribution < -0.4 is 11.1 Å². The standard InChI is InChI=1S/C13H10Br3N3O/c1-6-2-7(3-11(17)18-6)13(20)19-12-9(15)4-8(14)5-10(12)16/h2-5H,1H3,(H2,17,18)(H,19,20). The van der Waals surface area contributed by atoms with E-state index in [1.807, 2.05) is 12.1 Å². The van der Waals surface area contributed by atoms with Crippen LogP contribution in [0.5, 0.6) is 0 Å². The van der Waals surface area contributed by atoms with Crippen LogP contribution in [-0.4, -0.2) is 10.9 Å². The molecule has 1 amide bonds. The molecule has 0 aliphatic rings. The number of nitrogen functional groups attached to an aromatic ring is 1. The molecule has 1 aromatic heterocycles. The van der Waals surface area contributed by atoms with Gasteiger partial charge >= 0.3 is 0 Å². The second-order valence-electron chi connectivity index (χ2n) is 4.12. The first-order valence-corrected chi connectivity index (χ1v) is 7.95. The summed E-state index contributed by atoms with van der Waals surface area (Å²) in [6.07, 6.45) is 0. The minimum atomic E-state index is -0.245. The summed E-state index contributed by atoms with van der Waals surface area (Å²) in [6, 6.07) is 6.94. The molecule has 0 aliphatic carbocycles. The zero-order valence-electron chi connectivity index (χ0n) is 10.4. The van der Waals surface area contributed by atoms with Crippen molar-refractivity contribution in [2.75, 3.05) is 11.1 Å². The van der Waals surface area contributed by atoms with E-state index in [9.17, 15) is 4.79 Å². The fraction of sp³-hybridized carbons (Fsp3) is 0.0769. The van der Waals surface area contributed by atoms with Gasteiger partial charge in [0.15, 0.2) is 0 Å². The smallest absolute Gasteiger partial charge is 0.255 e. The Morgan fingerprint density at radius 2 is 1.75 bits per heavy atom. The molecule has 0 radical (unpaired) electrons. The Kier molecular flexibility index (Phi) is 4.82. The van der Waals surface area contributed by atoms with E-state index in [-0.39, 0.29) is 5.91 Å². The number of aryl methyl sites for hydroxylation is 1. The number of pyridine rings is 1. The monoisotopic (exact) mass is 461 g/mol. The molecule has 0 aliphatic heterocycles. The number of amides is 1. The lowest BCUT2D eigenvalue weighted by molar-refractivity contribution is 0.102. The SMILES string of the molecule is Cc1cc(C(=O)Nc2c(Br)cc(Br)cc2Br)cc(N)n1. The van der Waals surface area contributed by atoms with Crippen LogP contribution in [-0.2, 0) is 0 Å². The minimum absolute atomic E-state index is 0.245. The number of carbonyl (C=O) groups is 1. The Balaban J connectivity index is 2.32. The molecule has 0 unspecified atom stereocenters. The molecule has 104 valence electrons. The molecular formula is C13H10Br3N3O. The minimum Gasteiger partial charge on any atom is -0.384 e. The van der Waals surface area contributed by atoms with E-state index in [0.717, 1.165) is 13.4 Å². The van der Waals surface area contributed by atoms with Gasteiger partial charge < -0.3 is 11.1 Å². The number of halogens is 3. The van der Waals surface area contributed by atoms with Crippen molar-refractivity contribution in [1.29, 1.82) is 0 Å². The largest absolute Gasteiger partial charge is 0.384 e. The summed E-state index contributed by atoms with van der Waals surface area (Å²) in [5, 5.41) is 2.84. The van der Waals surface area contributed by atoms with Gasteiger partial charge in [-0.1, -0.05) is 15.9 Å². The number of benzene rings is 1. The van der Waals surface area contributed by atoms with Gasteiger partial charge in [0.1, 0.15) is 5.82 Å². The molecule has 2 aromatic rings. The van der Waals surface area contributed by atoms with Crippen LogP contribution in [0.25, 0.3) is 0 Å². The highest BCUT2D eigenvalue weighted by molar-refractivity contribution is 9.11. The first kappa shape index (κ1) is 15.5. The molecule has 0 fully saturated rings. The maximum absolute atomic E-state index is 12.3. The van der Waals surface area contributed by atoms with Gasteiger partial charge in [0.25, 0.3) is 5.91 Å². The quantitative estimate of drug-likeness (QED) is 0.688. The van der Waals surface area contributed by atoms with Crippen LogP contribution in [0.15, 0.2) is 37.7 Å². The molecule has 3 N–H and O–H groups in total. The van der Waals surface area contributed by atoms with E-state index >= 15 is 0 Å². The third kappa shape index (κ3) is 3.59. The number of rotatable bonds is 2. The number of nitrogens with one attached hydrogen (secondary N) is 1. The van der Waals surface area contributed by atoms with Crippen LogP contribution in [0, 0.1) is 6.92 Å². The number of hydrogen-bond donors (Lipinski definition) is 2. The highest BCUT2D eigenvalue weighted by Gasteiger charge is 2.13. The molecule has 20 heavy (non-hydrogen) atoms. The van der Waals surface area contributed by atoms with Crippen molar-refractivity contribution >= 4 is 65.2 Å². The molecule has 1 heterocycles. The van der Waals surface area contributed by atoms with E-state index in [2.05, 4.69) is 58.1 Å². The molecular weight excluding hydrogens is 454 g/mol. The van der Waals surface area contributed by atoms with E-state index < -0.39 is 0 Å². The average molecular weight is 464 g/mol. The van der Waals surface area contributed by atoms with Crippen molar-refractivity contribution < 1.29 is 4.79 Å². The van der Waals surface area contributed by atoms with Crippen molar-refractivity contribution in [3.05, 3.63) is 48.9 Å². The maximum atomic E-state index is 12.3. The first-order valence-electron chi connectivity index (χ1n) is 5.57. The molecule has 7 heteroatoms. The summed E-state index contributed by atoms with van der Waals surface area (Å²) in [4.78, 5) is 16.3. The van der Waals surface area contributed by atoms with E-state index in [1.165, 1.54) is 0 Å². The first-order chi connectivity index (χ1) is 9.36. The number of nitrogens with two attached hydrogens (primary N) is 1. The maximum Gasteiger partial charge on any atom is 0.255 e. The summed E-state index contributed by atoms with van der Waals surface area (Å²) in [5.74, 6) is 0.0787. The molecule has 4 nitrogen and oxygen atoms in total. The van der Waals surface area contributed by atoms with Crippen molar-refractivity contribution in [1.82, 2.24) is 4.98 Å². The van der Waals surface area contributed by atoms with Gasteiger partial charge in [-0.25, -0.2) is 4.98 Å². The fourth-order valence-corrected chi connectivity index (χ4v) is 4.13. The summed E-state index contributed by atoms with van der Waals surface area (Å²) in [6.45, 7) is 1.79. The molecule has 0 spiro atoms. The van der Waals surface area contributed by atoms with E-state index in [4.69, 9.17) is 5.73 Å². The van der Waals surface area contributed by atoms with Crippen molar-refractivity contribution in [3.8, 4) is 0 Å². The third-order valence-corrected chi connectivity index (χ3v) is 4.19. The summed E-state index contributed by atoms with van der Waals surface area (Å²) in [7, 11) is 0. The zero-order chi connectivity index (χ0) is 14.9. The fourth-order valence-electron chi connectivity index (χ4n) is 1.67. The normalized spacial score (nSPS) is 10.4. The van der Waals surface area contributed by atoms with Crippen molar-refractivity contribution in [3.63, 3.8) is 0 Å². The summed E-state index contributed by atoms with van der Waals surface area (Å²) in [5.41, 5.74) is 7.48. The molecule has 0 saturated heterocycles. The van der Waals surface area contributed by atoms with Gasteiger partial charge in [-0.05, 0) is 63.0 Å². The highest BCUT2D eigenvalue weighted by atomic mass is 79.9. The molecule has 1 aromatic carbocycles. The Bertz CT molecular complexity index is 645. The van der Waals surface area contributed by atoms with Crippen LogP contribution >= 0.6 is 47.8 Å². The lowest BCUT2D eigenvalue weighted by atomic mass is 10.2. The number of aromatic nitrogens is 1. The van der Waals surface area contributed by atoms with Gasteiger partial charge in [0.05, 0.1) is 5.69 Å². The molecule has 0 saturated carbocycles. The highest BCUT2D eigenvalue weighted by Crippen LogP contribution is 2.34. The predicted molar refractivity (Wildman–Crippen MR) is 90.9 cm³/mol. The van der Waals surface area contributed by atoms with Crippen molar-refractivity contribution in [2.24, 2.45) is 0 Å². The average Bonchev–Trinajstić information content (AvgIpc) is 2.32. The van der Waals surface area contributed by atoms with Crippen LogP contribution in [0.3, 0.4) is 0 Å². The summed E-state index contributed by atoms with van der Waals surface area (Å²) >= 11 is 10.2. The van der Waals surface area contributed by atoms with Gasteiger partial charge in [0.2, 0.25) is 0 Å². The van der Waals surface area contributed by atoms with Crippen LogP contribution in [0.2, 0.25) is 0 Å². The number of anilines is 2. The van der Waals surface area contributed by atoms with Gasteiger partial charge in [0, 0.05) is 24.7 Å². The summed E-state index contributed by atoms with van der Waals surface area (Å²) < 4.78 is 2.44. The Morgan fingerprint density at radius 3 is 2.30 bits per heavy atom. The Labute approximate surface area is 141 Å². The van der Waals surface area contributed by atoms with Crippen molar-refractivity contribution in [2.45, 2.75) is 6.92 Å². The van der Waals surface area contributed by atoms with E-state index in [1.54, 1.807) is 19.1 Å². The lowest BCUT2D eigenvalue weighted by Crippen LogP contribution is -2.14. The van der Waals surface area contributed by atoms with E-state index in [0.29, 0.717) is 22.8 Å². The second-order valence-corrected chi connectivity index (χ2v) is 6.74. The zero-order valence-corrected chi connectivity index (χ0v) is 15.1. The molecule has 0 bridgehead atoms. The second kappa shape index (κ2) is 6.24. The third-order valence-electron chi connectivity index (χ3n) is 2.48. The van der Waals surface area contributed by atoms with Gasteiger partial charge in [-0.3, -0.25) is 4.79 Å². The Morgan fingerprint density at radius 1 is 1.15 bits per heavy atom. The topological polar surface area (TPSA) is 68.0 Å².